The molecule has 0 spiro atoms. The van der Waals surface area contributed by atoms with Crippen LogP contribution in [0.15, 0.2) is 57.1 Å². The maximum Gasteiger partial charge on any atom is 0.345 e. The normalized spacial score (nSPS) is 11.4. The Kier molecular flexibility index (Phi) is 3.16. The molecule has 3 aromatic heterocycles. The van der Waals surface area contributed by atoms with E-state index in [9.17, 15) is 9.18 Å². The molecule has 4 aromatic rings. The van der Waals surface area contributed by atoms with Crippen molar-refractivity contribution in [3.05, 3.63) is 59.1 Å². The van der Waals surface area contributed by atoms with Crippen LogP contribution in [0, 0.1) is 5.82 Å². The van der Waals surface area contributed by atoms with Crippen LogP contribution in [0.2, 0.25) is 0 Å². The number of rotatable bonds is 2. The number of fused-ring (bicyclic) bond motifs is 2. The van der Waals surface area contributed by atoms with Gasteiger partial charge < -0.3 is 4.42 Å². The minimum atomic E-state index is -0.551. The fourth-order valence-corrected chi connectivity index (χ4v) is 2.75. The molecule has 114 valence electrons. The van der Waals surface area contributed by atoms with Crippen molar-refractivity contribution < 1.29 is 8.81 Å². The van der Waals surface area contributed by atoms with Crippen LogP contribution >= 0.6 is 11.8 Å². The molecule has 0 saturated heterocycles. The highest BCUT2D eigenvalue weighted by atomic mass is 32.2. The molecule has 0 aliphatic carbocycles. The molecule has 0 saturated carbocycles. The third-order valence-electron chi connectivity index (χ3n) is 3.51. The van der Waals surface area contributed by atoms with Crippen LogP contribution in [0.4, 0.5) is 4.39 Å². The summed E-state index contributed by atoms with van der Waals surface area (Å²) in [5, 5.41) is 1.48. The maximum absolute atomic E-state index is 13.2. The smallest absolute Gasteiger partial charge is 0.345 e. The summed E-state index contributed by atoms with van der Waals surface area (Å²) in [5.41, 5.74) is 1.18. The Morgan fingerprint density at radius 2 is 2.13 bits per heavy atom. The first-order chi connectivity index (χ1) is 11.1. The molecule has 0 N–H and O–H groups in total. The average molecular weight is 327 g/mol. The Morgan fingerprint density at radius 1 is 1.26 bits per heavy atom. The molecule has 0 aliphatic rings. The first-order valence-corrected chi connectivity index (χ1v) is 7.99. The maximum atomic E-state index is 13.2. The Hall–Kier alpha value is -2.67. The first kappa shape index (κ1) is 14.0. The highest BCUT2D eigenvalue weighted by Crippen LogP contribution is 2.22. The Labute approximate surface area is 133 Å². The summed E-state index contributed by atoms with van der Waals surface area (Å²) in [6, 6.07) is 7.58. The number of benzene rings is 1. The second-order valence-electron chi connectivity index (χ2n) is 4.95. The minimum absolute atomic E-state index is 0.217. The van der Waals surface area contributed by atoms with Gasteiger partial charge in [-0.2, -0.15) is 0 Å². The van der Waals surface area contributed by atoms with Gasteiger partial charge in [-0.05, 0) is 24.5 Å². The molecular formula is C16H10FN3O2S. The van der Waals surface area contributed by atoms with Gasteiger partial charge in [-0.1, -0.05) is 0 Å². The Morgan fingerprint density at radius 3 is 2.96 bits per heavy atom. The highest BCUT2D eigenvalue weighted by molar-refractivity contribution is 7.98. The van der Waals surface area contributed by atoms with Crippen LogP contribution in [-0.2, 0) is 0 Å². The summed E-state index contributed by atoms with van der Waals surface area (Å²) in [7, 11) is 0. The third-order valence-corrected chi connectivity index (χ3v) is 4.15. The standard InChI is InChI=1S/C16H10FN3O2S/c1-23-15-6-14-19-12(7-20(14)8-18-15)11-4-9-2-3-10(17)5-13(9)22-16(11)21/h2-8H,1H3. The zero-order valence-corrected chi connectivity index (χ0v) is 12.8. The topological polar surface area (TPSA) is 60.4 Å². The Balaban J connectivity index is 1.92. The van der Waals surface area contributed by atoms with E-state index in [4.69, 9.17) is 4.42 Å². The van der Waals surface area contributed by atoms with Crippen LogP contribution in [0.5, 0.6) is 0 Å². The zero-order chi connectivity index (χ0) is 16.0. The van der Waals surface area contributed by atoms with E-state index >= 15 is 0 Å². The number of hydrogen-bond acceptors (Lipinski definition) is 5. The molecule has 1 aromatic carbocycles. The molecule has 23 heavy (non-hydrogen) atoms. The van der Waals surface area contributed by atoms with E-state index in [1.54, 1.807) is 29.1 Å². The fourth-order valence-electron chi connectivity index (χ4n) is 2.38. The number of imidazole rings is 1. The molecule has 0 unspecified atom stereocenters. The Bertz CT molecular complexity index is 1100. The quantitative estimate of drug-likeness (QED) is 0.321. The lowest BCUT2D eigenvalue weighted by Crippen LogP contribution is -2.02. The minimum Gasteiger partial charge on any atom is -0.422 e. The number of hydrogen-bond donors (Lipinski definition) is 0. The molecule has 3 heterocycles. The molecule has 0 atom stereocenters. The molecule has 4 rings (SSSR count). The third kappa shape index (κ3) is 2.39. The van der Waals surface area contributed by atoms with E-state index in [2.05, 4.69) is 9.97 Å². The zero-order valence-electron chi connectivity index (χ0n) is 12.0. The van der Waals surface area contributed by atoms with Gasteiger partial charge in [0, 0.05) is 23.7 Å². The van der Waals surface area contributed by atoms with Crippen LogP contribution in [0.3, 0.4) is 0 Å². The molecule has 0 amide bonds. The van der Waals surface area contributed by atoms with Gasteiger partial charge in [0.05, 0.1) is 11.3 Å². The van der Waals surface area contributed by atoms with E-state index in [0.29, 0.717) is 22.3 Å². The van der Waals surface area contributed by atoms with E-state index in [1.807, 2.05) is 12.3 Å². The van der Waals surface area contributed by atoms with Crippen LogP contribution in [0.25, 0.3) is 27.9 Å². The SMILES string of the molecule is CSc1cc2nc(-c3cc4ccc(F)cc4oc3=O)cn2cn1. The number of thioether (sulfide) groups is 1. The summed E-state index contributed by atoms with van der Waals surface area (Å²) in [6.45, 7) is 0. The van der Waals surface area contributed by atoms with Crippen molar-refractivity contribution in [3.8, 4) is 11.3 Å². The van der Waals surface area contributed by atoms with Crippen molar-refractivity contribution in [2.45, 2.75) is 5.03 Å². The van der Waals surface area contributed by atoms with Gasteiger partial charge in [-0.15, -0.1) is 11.8 Å². The van der Waals surface area contributed by atoms with Gasteiger partial charge in [-0.3, -0.25) is 4.40 Å². The van der Waals surface area contributed by atoms with Gasteiger partial charge >= 0.3 is 5.63 Å². The fraction of sp³-hybridized carbons (Fsp3) is 0.0625. The summed E-state index contributed by atoms with van der Waals surface area (Å²) in [4.78, 5) is 20.9. The first-order valence-electron chi connectivity index (χ1n) is 6.76. The van der Waals surface area contributed by atoms with Crippen LogP contribution < -0.4 is 5.63 Å². The van der Waals surface area contributed by atoms with Crippen LogP contribution in [-0.4, -0.2) is 20.6 Å². The van der Waals surface area contributed by atoms with Gasteiger partial charge in [0.1, 0.15) is 28.4 Å². The van der Waals surface area contributed by atoms with Crippen molar-refractivity contribution in [3.63, 3.8) is 0 Å². The van der Waals surface area contributed by atoms with E-state index in [1.165, 1.54) is 23.9 Å². The molecule has 5 nitrogen and oxygen atoms in total. The second-order valence-corrected chi connectivity index (χ2v) is 5.78. The van der Waals surface area contributed by atoms with E-state index in [-0.39, 0.29) is 5.58 Å². The van der Waals surface area contributed by atoms with Gasteiger partial charge in [0.25, 0.3) is 0 Å². The van der Waals surface area contributed by atoms with Crippen molar-refractivity contribution in [2.24, 2.45) is 0 Å². The highest BCUT2D eigenvalue weighted by Gasteiger charge is 2.12. The molecule has 0 bridgehead atoms. The molecule has 7 heteroatoms. The predicted molar refractivity (Wildman–Crippen MR) is 86.2 cm³/mol. The van der Waals surface area contributed by atoms with Gasteiger partial charge in [-0.25, -0.2) is 19.2 Å². The summed E-state index contributed by atoms with van der Waals surface area (Å²) in [5.74, 6) is -0.447. The number of aromatic nitrogens is 3. The summed E-state index contributed by atoms with van der Waals surface area (Å²) < 4.78 is 20.2. The number of halogens is 1. The van der Waals surface area contributed by atoms with Gasteiger partial charge in [0.2, 0.25) is 0 Å². The average Bonchev–Trinajstić information content (AvgIpc) is 2.96. The van der Waals surface area contributed by atoms with Crippen molar-refractivity contribution in [2.75, 3.05) is 6.26 Å². The van der Waals surface area contributed by atoms with Crippen molar-refractivity contribution >= 4 is 28.4 Å². The van der Waals surface area contributed by atoms with E-state index < -0.39 is 11.4 Å². The molecule has 0 fully saturated rings. The molecular weight excluding hydrogens is 317 g/mol. The number of nitrogens with zero attached hydrogens (tertiary/aromatic N) is 3. The van der Waals surface area contributed by atoms with E-state index in [0.717, 1.165) is 5.03 Å². The molecule has 0 radical (unpaired) electrons. The lowest BCUT2D eigenvalue weighted by atomic mass is 10.1. The van der Waals surface area contributed by atoms with Crippen molar-refractivity contribution in [1.82, 2.24) is 14.4 Å². The predicted octanol–water partition coefficient (Wildman–Crippen LogP) is 3.36. The second kappa shape index (κ2) is 5.20. The van der Waals surface area contributed by atoms with Crippen LogP contribution in [0.1, 0.15) is 0 Å². The lowest BCUT2D eigenvalue weighted by Gasteiger charge is -1.99. The monoisotopic (exact) mass is 327 g/mol. The summed E-state index contributed by atoms with van der Waals surface area (Å²) >= 11 is 1.51. The lowest BCUT2D eigenvalue weighted by molar-refractivity contribution is 0.556. The largest absolute Gasteiger partial charge is 0.422 e. The molecule has 0 aliphatic heterocycles. The summed E-state index contributed by atoms with van der Waals surface area (Å²) in [6.07, 6.45) is 5.30. The van der Waals surface area contributed by atoms with Crippen molar-refractivity contribution in [1.29, 1.82) is 0 Å². The van der Waals surface area contributed by atoms with Gasteiger partial charge in [0.15, 0.2) is 0 Å².